The van der Waals surface area contributed by atoms with Crippen LogP contribution >= 0.6 is 22.6 Å². The van der Waals surface area contributed by atoms with Crippen molar-refractivity contribution in [3.63, 3.8) is 0 Å². The number of nitrogens with zero attached hydrogens (tertiary/aromatic N) is 1. The second kappa shape index (κ2) is 9.63. The quantitative estimate of drug-likeness (QED) is 0.288. The molecule has 0 atom stereocenters. The lowest BCUT2D eigenvalue weighted by atomic mass is 10.1. The van der Waals surface area contributed by atoms with Crippen LogP contribution in [0.25, 0.3) is 6.08 Å². The lowest BCUT2D eigenvalue weighted by molar-refractivity contribution is -0.112. The number of para-hydroxylation sites is 1. The molecule has 2 rings (SSSR count). The molecule has 2 aromatic rings. The fourth-order valence-electron chi connectivity index (χ4n) is 2.14. The molecule has 132 valence electrons. The molecule has 0 unspecified atom stereocenters. The molecule has 1 N–H and O–H groups in total. The molecule has 2 aromatic carbocycles. The van der Waals surface area contributed by atoms with Gasteiger partial charge >= 0.3 is 0 Å². The topological polar surface area (TPSA) is 71.3 Å². The zero-order valence-electron chi connectivity index (χ0n) is 14.2. The molecule has 0 fully saturated rings. The van der Waals surface area contributed by atoms with Gasteiger partial charge in [0.05, 0.1) is 10.7 Å². The Balaban J connectivity index is 2.30. The number of rotatable bonds is 7. The highest BCUT2D eigenvalue weighted by Gasteiger charge is 2.13. The lowest BCUT2D eigenvalue weighted by Gasteiger charge is -2.12. The SMILES string of the molecule is C=CCOc1c(I)cc(/C=C(/C#N)C(=O)Nc2ccccc2)cc1OC. The van der Waals surface area contributed by atoms with Gasteiger partial charge in [0, 0.05) is 5.69 Å². The average Bonchev–Trinajstić information content (AvgIpc) is 2.65. The Labute approximate surface area is 166 Å². The monoisotopic (exact) mass is 460 g/mol. The number of hydrogen-bond acceptors (Lipinski definition) is 4. The van der Waals surface area contributed by atoms with Gasteiger partial charge in [0.25, 0.3) is 5.91 Å². The number of benzene rings is 2. The molecule has 0 aliphatic heterocycles. The first kappa shape index (κ1) is 19.5. The van der Waals surface area contributed by atoms with Gasteiger partial charge in [-0.3, -0.25) is 4.79 Å². The number of methoxy groups -OCH3 is 1. The molecular formula is C20H17IN2O3. The molecule has 0 aromatic heterocycles. The molecule has 5 nitrogen and oxygen atoms in total. The Kier molecular flexibility index (Phi) is 7.24. The second-order valence-electron chi connectivity index (χ2n) is 5.12. The van der Waals surface area contributed by atoms with Crippen LogP contribution in [0.15, 0.2) is 60.7 Å². The van der Waals surface area contributed by atoms with Crippen molar-refractivity contribution in [2.75, 3.05) is 19.0 Å². The van der Waals surface area contributed by atoms with Crippen molar-refractivity contribution in [1.29, 1.82) is 5.26 Å². The number of ether oxygens (including phenoxy) is 2. The zero-order valence-corrected chi connectivity index (χ0v) is 16.3. The van der Waals surface area contributed by atoms with Crippen LogP contribution in [0.2, 0.25) is 0 Å². The van der Waals surface area contributed by atoms with E-state index < -0.39 is 5.91 Å². The fourth-order valence-corrected chi connectivity index (χ4v) is 2.92. The summed E-state index contributed by atoms with van der Waals surface area (Å²) in [5.74, 6) is 0.641. The number of carbonyl (C=O) groups is 1. The van der Waals surface area contributed by atoms with Crippen LogP contribution in [0.4, 0.5) is 5.69 Å². The molecule has 0 saturated carbocycles. The summed E-state index contributed by atoms with van der Waals surface area (Å²) in [6, 6.07) is 14.4. The van der Waals surface area contributed by atoms with Crippen LogP contribution in [0.1, 0.15) is 5.56 Å². The summed E-state index contributed by atoms with van der Waals surface area (Å²) in [5.41, 5.74) is 1.28. The Morgan fingerprint density at radius 2 is 2.08 bits per heavy atom. The van der Waals surface area contributed by atoms with Gasteiger partial charge in [-0.2, -0.15) is 5.26 Å². The van der Waals surface area contributed by atoms with Crippen LogP contribution in [-0.2, 0) is 4.79 Å². The summed E-state index contributed by atoms with van der Waals surface area (Å²) >= 11 is 2.12. The molecular weight excluding hydrogens is 443 g/mol. The van der Waals surface area contributed by atoms with Crippen molar-refractivity contribution in [2.45, 2.75) is 0 Å². The highest BCUT2D eigenvalue weighted by atomic mass is 127. The molecule has 6 heteroatoms. The van der Waals surface area contributed by atoms with Gasteiger partial charge in [0.15, 0.2) is 11.5 Å². The highest BCUT2D eigenvalue weighted by Crippen LogP contribution is 2.34. The van der Waals surface area contributed by atoms with Crippen molar-refractivity contribution in [3.05, 3.63) is 69.8 Å². The highest BCUT2D eigenvalue weighted by molar-refractivity contribution is 14.1. The first-order chi connectivity index (χ1) is 12.6. The summed E-state index contributed by atoms with van der Waals surface area (Å²) in [6.45, 7) is 3.98. The van der Waals surface area contributed by atoms with Crippen molar-refractivity contribution in [1.82, 2.24) is 0 Å². The minimum Gasteiger partial charge on any atom is -0.493 e. The van der Waals surface area contributed by atoms with Gasteiger partial charge in [0.1, 0.15) is 18.2 Å². The van der Waals surface area contributed by atoms with E-state index in [9.17, 15) is 10.1 Å². The summed E-state index contributed by atoms with van der Waals surface area (Å²) in [7, 11) is 1.53. The smallest absolute Gasteiger partial charge is 0.266 e. The maximum absolute atomic E-state index is 12.3. The van der Waals surface area contributed by atoms with Crippen molar-refractivity contribution < 1.29 is 14.3 Å². The Morgan fingerprint density at radius 3 is 2.69 bits per heavy atom. The molecule has 0 heterocycles. The van der Waals surface area contributed by atoms with Crippen LogP contribution < -0.4 is 14.8 Å². The normalized spacial score (nSPS) is 10.6. The number of anilines is 1. The summed E-state index contributed by atoms with van der Waals surface area (Å²) in [6.07, 6.45) is 3.16. The molecule has 0 aliphatic rings. The van der Waals surface area contributed by atoms with Gasteiger partial charge in [-0.05, 0) is 58.5 Å². The van der Waals surface area contributed by atoms with Crippen molar-refractivity contribution in [3.8, 4) is 17.6 Å². The summed E-state index contributed by atoms with van der Waals surface area (Å²) in [4.78, 5) is 12.3. The van der Waals surface area contributed by atoms with E-state index in [1.54, 1.807) is 36.4 Å². The third-order valence-corrected chi connectivity index (χ3v) is 4.11. The van der Waals surface area contributed by atoms with E-state index in [2.05, 4.69) is 34.5 Å². The number of amides is 1. The number of carbonyl (C=O) groups excluding carboxylic acids is 1. The predicted molar refractivity (Wildman–Crippen MR) is 110 cm³/mol. The first-order valence-electron chi connectivity index (χ1n) is 7.68. The van der Waals surface area contributed by atoms with Crippen LogP contribution in [0, 0.1) is 14.9 Å². The summed E-state index contributed by atoms with van der Waals surface area (Å²) in [5, 5.41) is 12.1. The van der Waals surface area contributed by atoms with Gasteiger partial charge < -0.3 is 14.8 Å². The molecule has 26 heavy (non-hydrogen) atoms. The minimum atomic E-state index is -0.473. The van der Waals surface area contributed by atoms with Crippen molar-refractivity contribution >= 4 is 40.3 Å². The maximum atomic E-state index is 12.3. The van der Waals surface area contributed by atoms with E-state index in [1.165, 1.54) is 13.2 Å². The van der Waals surface area contributed by atoms with Gasteiger partial charge in [-0.25, -0.2) is 0 Å². The number of nitriles is 1. The predicted octanol–water partition coefficient (Wildman–Crippen LogP) is 4.41. The van der Waals surface area contributed by atoms with E-state index in [4.69, 9.17) is 9.47 Å². The molecule has 0 aliphatic carbocycles. The van der Waals surface area contributed by atoms with Gasteiger partial charge in [0.2, 0.25) is 0 Å². The number of hydrogen-bond donors (Lipinski definition) is 1. The van der Waals surface area contributed by atoms with E-state index in [0.717, 1.165) is 3.57 Å². The Morgan fingerprint density at radius 1 is 1.35 bits per heavy atom. The van der Waals surface area contributed by atoms with Crippen LogP contribution in [-0.4, -0.2) is 19.6 Å². The van der Waals surface area contributed by atoms with Gasteiger partial charge in [-0.1, -0.05) is 30.9 Å². The lowest BCUT2D eigenvalue weighted by Crippen LogP contribution is -2.13. The van der Waals surface area contributed by atoms with Crippen molar-refractivity contribution in [2.24, 2.45) is 0 Å². The van der Waals surface area contributed by atoms with Crippen LogP contribution in [0.5, 0.6) is 11.5 Å². The number of halogens is 1. The van der Waals surface area contributed by atoms with E-state index in [-0.39, 0.29) is 5.57 Å². The fraction of sp³-hybridized carbons (Fsp3) is 0.100. The molecule has 0 spiro atoms. The van der Waals surface area contributed by atoms with E-state index in [1.807, 2.05) is 18.2 Å². The molecule has 0 radical (unpaired) electrons. The Hall–Kier alpha value is -2.79. The third kappa shape index (κ3) is 5.10. The van der Waals surface area contributed by atoms with Crippen LogP contribution in [0.3, 0.4) is 0 Å². The average molecular weight is 460 g/mol. The Bertz CT molecular complexity index is 871. The molecule has 0 bridgehead atoms. The maximum Gasteiger partial charge on any atom is 0.266 e. The molecule has 1 amide bonds. The standard InChI is InChI=1S/C20H17IN2O3/c1-3-9-26-19-17(21)11-14(12-18(19)25-2)10-15(13-22)20(24)23-16-7-5-4-6-8-16/h3-8,10-12H,1,9H2,2H3,(H,23,24)/b15-10-. The molecule has 0 saturated heterocycles. The van der Waals surface area contributed by atoms with E-state index >= 15 is 0 Å². The largest absolute Gasteiger partial charge is 0.493 e. The first-order valence-corrected chi connectivity index (χ1v) is 8.76. The minimum absolute atomic E-state index is 0.00790. The van der Waals surface area contributed by atoms with Gasteiger partial charge in [-0.15, -0.1) is 0 Å². The second-order valence-corrected chi connectivity index (χ2v) is 6.29. The zero-order chi connectivity index (χ0) is 18.9. The van der Waals surface area contributed by atoms with E-state index in [0.29, 0.717) is 29.4 Å². The third-order valence-electron chi connectivity index (χ3n) is 3.31. The number of nitrogens with one attached hydrogen (secondary N) is 1. The summed E-state index contributed by atoms with van der Waals surface area (Å²) < 4.78 is 11.8.